The van der Waals surface area contributed by atoms with Crippen molar-refractivity contribution >= 4 is 27.9 Å². The normalized spacial score (nSPS) is 16.7. The van der Waals surface area contributed by atoms with Crippen LogP contribution in [-0.4, -0.2) is 25.7 Å². The summed E-state index contributed by atoms with van der Waals surface area (Å²) in [5.41, 5.74) is 6.56. The number of ether oxygens (including phenoxy) is 3. The first-order valence-electron chi connectivity index (χ1n) is 7.69. The van der Waals surface area contributed by atoms with E-state index in [0.717, 1.165) is 0 Å². The molecular weight excluding hydrogens is 404 g/mol. The number of carbonyl (C=O) groups excluding carboxylic acids is 2. The van der Waals surface area contributed by atoms with Gasteiger partial charge in [-0.3, -0.25) is 0 Å². The SMILES string of the molecule is CCOC(=O)C1=C(C)OC(N)=C(C#N)C1c1c(Br)cccc1C(=O)OC. The van der Waals surface area contributed by atoms with Crippen LogP contribution in [0.4, 0.5) is 0 Å². The molecule has 0 spiro atoms. The van der Waals surface area contributed by atoms with Crippen LogP contribution in [0.25, 0.3) is 0 Å². The van der Waals surface area contributed by atoms with Crippen LogP contribution in [-0.2, 0) is 19.0 Å². The molecule has 1 aromatic rings. The van der Waals surface area contributed by atoms with Crippen molar-refractivity contribution in [2.24, 2.45) is 5.73 Å². The number of carbonyl (C=O) groups is 2. The summed E-state index contributed by atoms with van der Waals surface area (Å²) >= 11 is 3.40. The van der Waals surface area contributed by atoms with Crippen molar-refractivity contribution in [3.63, 3.8) is 0 Å². The van der Waals surface area contributed by atoms with Crippen LogP contribution in [0.15, 0.2) is 45.5 Å². The second-order valence-electron chi connectivity index (χ2n) is 5.31. The van der Waals surface area contributed by atoms with Crippen molar-refractivity contribution in [2.75, 3.05) is 13.7 Å². The van der Waals surface area contributed by atoms with Gasteiger partial charge in [0.05, 0.1) is 30.8 Å². The van der Waals surface area contributed by atoms with E-state index in [4.69, 9.17) is 19.9 Å². The van der Waals surface area contributed by atoms with Crippen molar-refractivity contribution in [1.82, 2.24) is 0 Å². The number of nitrogens with zero attached hydrogens (tertiary/aromatic N) is 1. The number of halogens is 1. The fourth-order valence-electron chi connectivity index (χ4n) is 2.76. The fraction of sp³-hybridized carbons (Fsp3) is 0.278. The highest BCUT2D eigenvalue weighted by molar-refractivity contribution is 9.10. The first kappa shape index (κ1) is 19.5. The zero-order chi connectivity index (χ0) is 19.4. The molecule has 1 aliphatic heterocycles. The largest absolute Gasteiger partial charge is 0.465 e. The number of methoxy groups -OCH3 is 1. The van der Waals surface area contributed by atoms with E-state index in [1.165, 1.54) is 7.11 Å². The molecule has 1 aromatic carbocycles. The molecule has 8 heteroatoms. The minimum absolute atomic E-state index is 0.00991. The van der Waals surface area contributed by atoms with Crippen LogP contribution < -0.4 is 5.73 Å². The third-order valence-electron chi connectivity index (χ3n) is 3.85. The Hall–Kier alpha value is -2.79. The fourth-order valence-corrected chi connectivity index (χ4v) is 3.36. The van der Waals surface area contributed by atoms with E-state index in [2.05, 4.69) is 15.9 Å². The maximum absolute atomic E-state index is 12.6. The van der Waals surface area contributed by atoms with Gasteiger partial charge in [0.2, 0.25) is 5.88 Å². The summed E-state index contributed by atoms with van der Waals surface area (Å²) in [6, 6.07) is 6.87. The Balaban J connectivity index is 2.81. The van der Waals surface area contributed by atoms with E-state index < -0.39 is 17.9 Å². The van der Waals surface area contributed by atoms with Gasteiger partial charge < -0.3 is 19.9 Å². The summed E-state index contributed by atoms with van der Waals surface area (Å²) in [6.45, 7) is 3.36. The van der Waals surface area contributed by atoms with Crippen LogP contribution in [0.2, 0.25) is 0 Å². The average Bonchev–Trinajstić information content (AvgIpc) is 2.60. The quantitative estimate of drug-likeness (QED) is 0.744. The molecule has 7 nitrogen and oxygen atoms in total. The van der Waals surface area contributed by atoms with Gasteiger partial charge in [-0.15, -0.1) is 0 Å². The molecule has 2 rings (SSSR count). The number of hydrogen-bond acceptors (Lipinski definition) is 7. The molecule has 0 radical (unpaired) electrons. The highest BCUT2D eigenvalue weighted by Gasteiger charge is 2.39. The predicted molar refractivity (Wildman–Crippen MR) is 95.5 cm³/mol. The Morgan fingerprint density at radius 2 is 2.08 bits per heavy atom. The van der Waals surface area contributed by atoms with Gasteiger partial charge in [0.25, 0.3) is 0 Å². The second-order valence-corrected chi connectivity index (χ2v) is 6.16. The van der Waals surface area contributed by atoms with Crippen LogP contribution in [0.1, 0.15) is 35.7 Å². The minimum atomic E-state index is -0.933. The van der Waals surface area contributed by atoms with Gasteiger partial charge in [0, 0.05) is 4.47 Å². The Morgan fingerprint density at radius 1 is 1.38 bits per heavy atom. The van der Waals surface area contributed by atoms with E-state index in [-0.39, 0.29) is 35.0 Å². The highest BCUT2D eigenvalue weighted by Crippen LogP contribution is 2.43. The van der Waals surface area contributed by atoms with Gasteiger partial charge in [0.1, 0.15) is 17.4 Å². The summed E-state index contributed by atoms with van der Waals surface area (Å²) in [6.07, 6.45) is 0. The number of hydrogen-bond donors (Lipinski definition) is 1. The maximum atomic E-state index is 12.6. The first-order valence-corrected chi connectivity index (χ1v) is 8.48. The lowest BCUT2D eigenvalue weighted by Crippen LogP contribution is -2.27. The Kier molecular flexibility index (Phi) is 6.05. The summed E-state index contributed by atoms with van der Waals surface area (Å²) < 4.78 is 15.8. The van der Waals surface area contributed by atoms with Crippen molar-refractivity contribution in [2.45, 2.75) is 19.8 Å². The first-order chi connectivity index (χ1) is 12.4. The molecule has 1 atom stereocenters. The topological polar surface area (TPSA) is 112 Å². The molecule has 0 aliphatic carbocycles. The van der Waals surface area contributed by atoms with E-state index in [1.54, 1.807) is 32.0 Å². The monoisotopic (exact) mass is 420 g/mol. The van der Waals surface area contributed by atoms with Gasteiger partial charge >= 0.3 is 11.9 Å². The van der Waals surface area contributed by atoms with E-state index in [9.17, 15) is 14.9 Å². The van der Waals surface area contributed by atoms with Gasteiger partial charge in [-0.2, -0.15) is 5.26 Å². The Morgan fingerprint density at radius 3 is 2.65 bits per heavy atom. The van der Waals surface area contributed by atoms with Crippen LogP contribution in [0, 0.1) is 11.3 Å². The molecule has 26 heavy (non-hydrogen) atoms. The molecule has 0 saturated carbocycles. The summed E-state index contributed by atoms with van der Waals surface area (Å²) in [7, 11) is 1.25. The Labute approximate surface area is 159 Å². The standard InChI is InChI=1S/C18H17BrN2O5/c1-4-25-18(23)13-9(2)26-16(21)11(8-20)15(13)14-10(17(22)24-3)6-5-7-12(14)19/h5-7,15H,4,21H2,1-3H3. The lowest BCUT2D eigenvalue weighted by molar-refractivity contribution is -0.139. The van der Waals surface area contributed by atoms with Crippen molar-refractivity contribution < 1.29 is 23.8 Å². The molecule has 136 valence electrons. The van der Waals surface area contributed by atoms with Crippen LogP contribution >= 0.6 is 15.9 Å². The third kappa shape index (κ3) is 3.44. The number of nitrogens with two attached hydrogens (primary N) is 1. The van der Waals surface area contributed by atoms with Crippen molar-refractivity contribution in [3.05, 3.63) is 56.6 Å². The molecule has 0 saturated heterocycles. The molecule has 0 aromatic heterocycles. The number of esters is 2. The van der Waals surface area contributed by atoms with E-state index in [0.29, 0.717) is 10.0 Å². The minimum Gasteiger partial charge on any atom is -0.465 e. The molecule has 1 aliphatic rings. The summed E-state index contributed by atoms with van der Waals surface area (Å²) in [5, 5.41) is 9.61. The van der Waals surface area contributed by atoms with Crippen molar-refractivity contribution in [3.8, 4) is 6.07 Å². The highest BCUT2D eigenvalue weighted by atomic mass is 79.9. The van der Waals surface area contributed by atoms with E-state index in [1.807, 2.05) is 6.07 Å². The number of rotatable bonds is 4. The smallest absolute Gasteiger partial charge is 0.338 e. The molecule has 2 N–H and O–H groups in total. The van der Waals surface area contributed by atoms with Gasteiger partial charge in [-0.05, 0) is 31.5 Å². The van der Waals surface area contributed by atoms with Crippen molar-refractivity contribution in [1.29, 1.82) is 5.26 Å². The van der Waals surface area contributed by atoms with Gasteiger partial charge in [-0.1, -0.05) is 22.0 Å². The molecule has 1 heterocycles. The number of benzene rings is 1. The maximum Gasteiger partial charge on any atom is 0.338 e. The number of nitriles is 1. The molecule has 0 bridgehead atoms. The summed E-state index contributed by atoms with van der Waals surface area (Å²) in [4.78, 5) is 24.8. The average molecular weight is 421 g/mol. The zero-order valence-electron chi connectivity index (χ0n) is 14.5. The van der Waals surface area contributed by atoms with E-state index >= 15 is 0 Å². The zero-order valence-corrected chi connectivity index (χ0v) is 16.0. The second kappa shape index (κ2) is 8.06. The lowest BCUT2D eigenvalue weighted by Gasteiger charge is -2.28. The Bertz CT molecular complexity index is 867. The molecule has 0 amide bonds. The lowest BCUT2D eigenvalue weighted by atomic mass is 9.81. The number of allylic oxidation sites excluding steroid dienone is 2. The summed E-state index contributed by atoms with van der Waals surface area (Å²) in [5.74, 6) is -2.12. The molecule has 1 unspecified atom stereocenters. The van der Waals surface area contributed by atoms with Crippen LogP contribution in [0.5, 0.6) is 0 Å². The molecular formula is C18H17BrN2O5. The predicted octanol–water partition coefficient (Wildman–Crippen LogP) is 2.88. The van der Waals surface area contributed by atoms with Gasteiger partial charge in [-0.25, -0.2) is 9.59 Å². The van der Waals surface area contributed by atoms with Gasteiger partial charge in [0.15, 0.2) is 0 Å². The molecule has 0 fully saturated rings. The third-order valence-corrected chi connectivity index (χ3v) is 4.54. The van der Waals surface area contributed by atoms with Crippen LogP contribution in [0.3, 0.4) is 0 Å².